The number of hydrogen-bond acceptors (Lipinski definition) is 7. The number of halogens is 2. The lowest BCUT2D eigenvalue weighted by Gasteiger charge is -2.29. The summed E-state index contributed by atoms with van der Waals surface area (Å²) in [7, 11) is 3.96. The van der Waals surface area contributed by atoms with Crippen LogP contribution in [0.25, 0.3) is 22.2 Å². The smallest absolute Gasteiger partial charge is 0.257 e. The molecule has 2 heterocycles. The standard InChI is InChI=1S/C28H30ClFN6O2/c1-16-23(25(35-38-16)24-20(29)8-6-9-21(24)30)27(37)31-15-17-11-13-18(14-12-17)32-28-33-22-10-5-4-7-19(22)26(34-28)36(2)3/h4-10,17-18H,11-15H2,1-3H3,(H,31,37)(H,32,33,34). The highest BCUT2D eigenvalue weighted by molar-refractivity contribution is 6.33. The second-order valence-electron chi connectivity index (χ2n) is 9.91. The van der Waals surface area contributed by atoms with Gasteiger partial charge in [-0.15, -0.1) is 0 Å². The predicted octanol–water partition coefficient (Wildman–Crippen LogP) is 5.85. The number of aryl methyl sites for hydroxylation is 1. The third kappa shape index (κ3) is 5.29. The molecule has 5 rings (SSSR count). The van der Waals surface area contributed by atoms with Crippen LogP contribution in [0.1, 0.15) is 41.8 Å². The number of aromatic nitrogens is 3. The number of carbonyl (C=O) groups excluding carboxylic acids is 1. The fraction of sp³-hybridized carbons (Fsp3) is 0.357. The quantitative estimate of drug-likeness (QED) is 0.306. The molecular formula is C28H30ClFN6O2. The van der Waals surface area contributed by atoms with Crippen LogP contribution in [0.2, 0.25) is 5.02 Å². The number of rotatable bonds is 7. The molecule has 2 aromatic carbocycles. The first-order valence-electron chi connectivity index (χ1n) is 12.7. The van der Waals surface area contributed by atoms with Gasteiger partial charge in [-0.1, -0.05) is 35.0 Å². The van der Waals surface area contributed by atoms with Gasteiger partial charge in [-0.05, 0) is 62.8 Å². The van der Waals surface area contributed by atoms with E-state index in [1.807, 2.05) is 43.3 Å². The Balaban J connectivity index is 1.20. The molecular weight excluding hydrogens is 507 g/mol. The predicted molar refractivity (Wildman–Crippen MR) is 147 cm³/mol. The van der Waals surface area contributed by atoms with Gasteiger partial charge in [0.25, 0.3) is 5.91 Å². The van der Waals surface area contributed by atoms with E-state index in [0.717, 1.165) is 42.4 Å². The summed E-state index contributed by atoms with van der Waals surface area (Å²) in [5.41, 5.74) is 1.29. The van der Waals surface area contributed by atoms with Crippen LogP contribution < -0.4 is 15.5 Å². The molecule has 1 aliphatic rings. The van der Waals surface area contributed by atoms with Crippen molar-refractivity contribution in [3.63, 3.8) is 0 Å². The van der Waals surface area contributed by atoms with Crippen molar-refractivity contribution in [3.8, 4) is 11.3 Å². The Kier molecular flexibility index (Phi) is 7.46. The van der Waals surface area contributed by atoms with Crippen molar-refractivity contribution in [1.82, 2.24) is 20.4 Å². The van der Waals surface area contributed by atoms with Crippen molar-refractivity contribution < 1.29 is 13.7 Å². The number of anilines is 2. The molecule has 2 N–H and O–H groups in total. The van der Waals surface area contributed by atoms with Crippen LogP contribution in [0.15, 0.2) is 47.0 Å². The third-order valence-corrected chi connectivity index (χ3v) is 7.34. The minimum atomic E-state index is -0.557. The summed E-state index contributed by atoms with van der Waals surface area (Å²) in [5.74, 6) is 1.25. The fourth-order valence-electron chi connectivity index (χ4n) is 5.02. The topological polar surface area (TPSA) is 96.2 Å². The van der Waals surface area contributed by atoms with Crippen molar-refractivity contribution in [2.45, 2.75) is 38.6 Å². The lowest BCUT2D eigenvalue weighted by atomic mass is 9.86. The Morgan fingerprint density at radius 2 is 1.87 bits per heavy atom. The zero-order chi connectivity index (χ0) is 26.8. The molecule has 0 saturated heterocycles. The second kappa shape index (κ2) is 10.9. The maximum absolute atomic E-state index is 14.5. The third-order valence-electron chi connectivity index (χ3n) is 7.03. The van der Waals surface area contributed by atoms with E-state index in [4.69, 9.17) is 26.1 Å². The molecule has 198 valence electrons. The molecule has 0 aliphatic heterocycles. The molecule has 10 heteroatoms. The lowest BCUT2D eigenvalue weighted by Crippen LogP contribution is -2.34. The van der Waals surface area contributed by atoms with Gasteiger partial charge in [-0.2, -0.15) is 4.98 Å². The van der Waals surface area contributed by atoms with Crippen molar-refractivity contribution in [1.29, 1.82) is 0 Å². The van der Waals surface area contributed by atoms with Crippen LogP contribution in [-0.4, -0.2) is 47.7 Å². The maximum Gasteiger partial charge on any atom is 0.257 e. The lowest BCUT2D eigenvalue weighted by molar-refractivity contribution is 0.0942. The van der Waals surface area contributed by atoms with E-state index in [9.17, 15) is 9.18 Å². The molecule has 1 fully saturated rings. The fourth-order valence-corrected chi connectivity index (χ4v) is 5.27. The highest BCUT2D eigenvalue weighted by atomic mass is 35.5. The number of fused-ring (bicyclic) bond motifs is 1. The molecule has 8 nitrogen and oxygen atoms in total. The van der Waals surface area contributed by atoms with Gasteiger partial charge in [0.15, 0.2) is 0 Å². The summed E-state index contributed by atoms with van der Waals surface area (Å²) in [6.45, 7) is 2.14. The normalized spacial score (nSPS) is 17.4. The van der Waals surface area contributed by atoms with E-state index in [2.05, 4.69) is 15.8 Å². The summed E-state index contributed by atoms with van der Waals surface area (Å²) < 4.78 is 19.7. The van der Waals surface area contributed by atoms with Gasteiger partial charge in [-0.3, -0.25) is 4.79 Å². The zero-order valence-corrected chi connectivity index (χ0v) is 22.3. The van der Waals surface area contributed by atoms with Crippen molar-refractivity contribution in [2.24, 2.45) is 5.92 Å². The average Bonchev–Trinajstić information content (AvgIpc) is 3.28. The Bertz CT molecular complexity index is 1450. The number of para-hydroxylation sites is 1. The van der Waals surface area contributed by atoms with E-state index in [-0.39, 0.29) is 33.8 Å². The minimum absolute atomic E-state index is 0.0658. The number of benzene rings is 2. The van der Waals surface area contributed by atoms with Gasteiger partial charge in [0.1, 0.15) is 28.7 Å². The molecule has 1 saturated carbocycles. The van der Waals surface area contributed by atoms with E-state index in [0.29, 0.717) is 24.2 Å². The molecule has 0 bridgehead atoms. The molecule has 0 atom stereocenters. The zero-order valence-electron chi connectivity index (χ0n) is 21.6. The van der Waals surface area contributed by atoms with Gasteiger partial charge in [0.2, 0.25) is 5.95 Å². The van der Waals surface area contributed by atoms with E-state index >= 15 is 0 Å². The SMILES string of the molecule is Cc1onc(-c2c(F)cccc2Cl)c1C(=O)NCC1CCC(Nc2nc(N(C)C)c3ccccc3n2)CC1. The van der Waals surface area contributed by atoms with Crippen molar-refractivity contribution in [3.05, 3.63) is 64.6 Å². The molecule has 4 aromatic rings. The first-order valence-corrected chi connectivity index (χ1v) is 13.1. The van der Waals surface area contributed by atoms with Gasteiger partial charge >= 0.3 is 0 Å². The number of hydrogen-bond donors (Lipinski definition) is 2. The molecule has 0 unspecified atom stereocenters. The van der Waals surface area contributed by atoms with Crippen LogP contribution in [0.4, 0.5) is 16.2 Å². The van der Waals surface area contributed by atoms with Crippen LogP contribution in [0.5, 0.6) is 0 Å². The molecule has 1 amide bonds. The van der Waals surface area contributed by atoms with Crippen LogP contribution >= 0.6 is 11.6 Å². The second-order valence-corrected chi connectivity index (χ2v) is 10.3. The van der Waals surface area contributed by atoms with Gasteiger partial charge in [0.05, 0.1) is 16.1 Å². The van der Waals surface area contributed by atoms with E-state index in [1.165, 1.54) is 12.1 Å². The summed E-state index contributed by atoms with van der Waals surface area (Å²) >= 11 is 6.20. The minimum Gasteiger partial charge on any atom is -0.362 e. The Labute approximate surface area is 225 Å². The molecule has 0 spiro atoms. The number of nitrogens with one attached hydrogen (secondary N) is 2. The Morgan fingerprint density at radius 1 is 1.11 bits per heavy atom. The highest BCUT2D eigenvalue weighted by Gasteiger charge is 2.27. The summed E-state index contributed by atoms with van der Waals surface area (Å²) in [6.07, 6.45) is 3.77. The Morgan fingerprint density at radius 3 is 2.61 bits per heavy atom. The van der Waals surface area contributed by atoms with E-state index in [1.54, 1.807) is 13.0 Å². The van der Waals surface area contributed by atoms with Crippen LogP contribution in [0, 0.1) is 18.7 Å². The molecule has 0 radical (unpaired) electrons. The Hall–Kier alpha value is -3.72. The summed E-state index contributed by atoms with van der Waals surface area (Å²) in [4.78, 5) is 24.5. The highest BCUT2D eigenvalue weighted by Crippen LogP contribution is 2.34. The van der Waals surface area contributed by atoms with Crippen molar-refractivity contribution in [2.75, 3.05) is 30.9 Å². The molecule has 38 heavy (non-hydrogen) atoms. The van der Waals surface area contributed by atoms with Gasteiger partial charge < -0.3 is 20.1 Å². The van der Waals surface area contributed by atoms with Gasteiger partial charge in [-0.25, -0.2) is 9.37 Å². The van der Waals surface area contributed by atoms with E-state index < -0.39 is 5.82 Å². The molecule has 2 aromatic heterocycles. The maximum atomic E-state index is 14.5. The number of amides is 1. The first-order chi connectivity index (χ1) is 18.3. The van der Waals surface area contributed by atoms with Gasteiger partial charge in [0, 0.05) is 32.1 Å². The largest absolute Gasteiger partial charge is 0.362 e. The number of nitrogens with zero attached hydrogens (tertiary/aromatic N) is 4. The monoisotopic (exact) mass is 536 g/mol. The first kappa shape index (κ1) is 25.9. The summed E-state index contributed by atoms with van der Waals surface area (Å²) in [6, 6.07) is 12.6. The average molecular weight is 537 g/mol. The number of carbonyl (C=O) groups is 1. The summed E-state index contributed by atoms with van der Waals surface area (Å²) in [5, 5.41) is 11.6. The van der Waals surface area contributed by atoms with Crippen LogP contribution in [-0.2, 0) is 0 Å². The van der Waals surface area contributed by atoms with Crippen LogP contribution in [0.3, 0.4) is 0 Å². The van der Waals surface area contributed by atoms with Crippen molar-refractivity contribution >= 4 is 40.2 Å². The molecule has 1 aliphatic carbocycles.